The lowest BCUT2D eigenvalue weighted by atomic mass is 10.0. The Morgan fingerprint density at radius 3 is 2.77 bits per heavy atom. The van der Waals surface area contributed by atoms with Crippen molar-refractivity contribution >= 4 is 69.2 Å². The van der Waals surface area contributed by atoms with Gasteiger partial charge < -0.3 is 20.3 Å². The number of anilines is 2. The van der Waals surface area contributed by atoms with Gasteiger partial charge in [0.2, 0.25) is 5.91 Å². The van der Waals surface area contributed by atoms with Crippen LogP contribution in [-0.4, -0.2) is 29.7 Å². The number of carbonyl (C=O) groups excluding carboxylic acids is 1. The van der Waals surface area contributed by atoms with Crippen LogP contribution in [0.25, 0.3) is 0 Å². The SMILES string of the molecule is COCC(=O)Nc1ccc(N2C(=S)N[C@@H](c3ccccn3)[C@@H]2c2ccc(Cl)s2)cc1Cl. The lowest BCUT2D eigenvalue weighted by Gasteiger charge is -2.27. The molecule has 1 aliphatic heterocycles. The highest BCUT2D eigenvalue weighted by Crippen LogP contribution is 2.45. The number of hydrogen-bond acceptors (Lipinski definition) is 5. The molecule has 0 bridgehead atoms. The van der Waals surface area contributed by atoms with E-state index in [9.17, 15) is 4.79 Å². The van der Waals surface area contributed by atoms with Crippen molar-refractivity contribution in [1.29, 1.82) is 0 Å². The summed E-state index contributed by atoms with van der Waals surface area (Å²) in [6.45, 7) is -0.0504. The molecule has 10 heteroatoms. The summed E-state index contributed by atoms with van der Waals surface area (Å²) < 4.78 is 5.55. The van der Waals surface area contributed by atoms with Crippen LogP contribution in [0.15, 0.2) is 54.7 Å². The number of carbonyl (C=O) groups is 1. The lowest BCUT2D eigenvalue weighted by Crippen LogP contribution is -2.29. The molecule has 1 saturated heterocycles. The number of hydrogen-bond donors (Lipinski definition) is 2. The Balaban J connectivity index is 1.71. The second kappa shape index (κ2) is 9.50. The van der Waals surface area contributed by atoms with Crippen LogP contribution in [0.2, 0.25) is 9.36 Å². The third kappa shape index (κ3) is 4.68. The van der Waals surface area contributed by atoms with Gasteiger partial charge in [0.25, 0.3) is 0 Å². The summed E-state index contributed by atoms with van der Waals surface area (Å²) in [6, 6.07) is 14.7. The van der Waals surface area contributed by atoms with Crippen molar-refractivity contribution in [2.75, 3.05) is 23.9 Å². The van der Waals surface area contributed by atoms with Crippen molar-refractivity contribution in [3.63, 3.8) is 0 Å². The minimum atomic E-state index is -0.281. The number of thiophene rings is 1. The topological polar surface area (TPSA) is 66.5 Å². The molecule has 2 N–H and O–H groups in total. The zero-order valence-electron chi connectivity index (χ0n) is 16.3. The molecule has 2 atom stereocenters. The monoisotopic (exact) mass is 492 g/mol. The highest BCUT2D eigenvalue weighted by atomic mass is 35.5. The molecule has 0 radical (unpaired) electrons. The predicted octanol–water partition coefficient (Wildman–Crippen LogP) is 5.21. The number of thiocarbonyl (C=S) groups is 1. The van der Waals surface area contributed by atoms with E-state index in [0.717, 1.165) is 16.3 Å². The second-order valence-electron chi connectivity index (χ2n) is 6.78. The maximum absolute atomic E-state index is 11.8. The quantitative estimate of drug-likeness (QED) is 0.460. The minimum absolute atomic E-state index is 0.0504. The summed E-state index contributed by atoms with van der Waals surface area (Å²) in [5.74, 6) is -0.281. The highest BCUT2D eigenvalue weighted by Gasteiger charge is 2.41. The fraction of sp³-hybridized carbons (Fsp3) is 0.190. The van der Waals surface area contributed by atoms with Crippen LogP contribution >= 0.6 is 46.8 Å². The Bertz CT molecular complexity index is 1110. The van der Waals surface area contributed by atoms with E-state index in [4.69, 9.17) is 40.2 Å². The Morgan fingerprint density at radius 1 is 1.29 bits per heavy atom. The fourth-order valence-electron chi connectivity index (χ4n) is 3.48. The van der Waals surface area contributed by atoms with Crippen LogP contribution in [0.1, 0.15) is 22.7 Å². The Morgan fingerprint density at radius 2 is 2.13 bits per heavy atom. The number of rotatable bonds is 6. The van der Waals surface area contributed by atoms with Gasteiger partial charge in [-0.15, -0.1) is 11.3 Å². The summed E-state index contributed by atoms with van der Waals surface area (Å²) in [7, 11) is 1.46. The van der Waals surface area contributed by atoms with Crippen LogP contribution in [0.4, 0.5) is 11.4 Å². The number of nitrogens with one attached hydrogen (secondary N) is 2. The molecule has 1 aliphatic rings. The molecule has 1 aromatic carbocycles. The molecule has 6 nitrogen and oxygen atoms in total. The van der Waals surface area contributed by atoms with E-state index in [1.807, 2.05) is 41.3 Å². The summed E-state index contributed by atoms with van der Waals surface area (Å²) in [4.78, 5) is 19.4. The van der Waals surface area contributed by atoms with Crippen LogP contribution in [0.3, 0.4) is 0 Å². The number of pyridine rings is 1. The first-order valence-electron chi connectivity index (χ1n) is 9.32. The molecule has 0 spiro atoms. The van der Waals surface area contributed by atoms with Gasteiger partial charge in [0.1, 0.15) is 6.61 Å². The largest absolute Gasteiger partial charge is 0.375 e. The Hall–Kier alpha value is -2.23. The molecular formula is C21H18Cl2N4O2S2. The van der Waals surface area contributed by atoms with E-state index in [0.29, 0.717) is 20.2 Å². The van der Waals surface area contributed by atoms with E-state index in [2.05, 4.69) is 15.6 Å². The molecule has 160 valence electrons. The first kappa shape index (κ1) is 22.0. The Kier molecular flexibility index (Phi) is 6.74. The van der Waals surface area contributed by atoms with Crippen LogP contribution in [-0.2, 0) is 9.53 Å². The van der Waals surface area contributed by atoms with E-state index >= 15 is 0 Å². The van der Waals surface area contributed by atoms with Crippen molar-refractivity contribution in [2.24, 2.45) is 0 Å². The van der Waals surface area contributed by atoms with Gasteiger partial charge >= 0.3 is 0 Å². The van der Waals surface area contributed by atoms with Crippen molar-refractivity contribution < 1.29 is 9.53 Å². The Labute approximate surface area is 199 Å². The first-order chi connectivity index (χ1) is 15.0. The molecule has 0 aliphatic carbocycles. The van der Waals surface area contributed by atoms with E-state index in [-0.39, 0.29) is 24.6 Å². The molecule has 1 fully saturated rings. The highest BCUT2D eigenvalue weighted by molar-refractivity contribution is 7.80. The van der Waals surface area contributed by atoms with E-state index in [1.165, 1.54) is 18.4 Å². The molecule has 3 heterocycles. The van der Waals surface area contributed by atoms with Gasteiger partial charge in [-0.05, 0) is 54.7 Å². The van der Waals surface area contributed by atoms with Crippen LogP contribution < -0.4 is 15.5 Å². The van der Waals surface area contributed by atoms with Crippen molar-refractivity contribution in [3.8, 4) is 0 Å². The standard InChI is InChI=1S/C21H18Cl2N4O2S2/c1-29-11-18(28)25-14-6-5-12(10-13(14)22)27-20(16-7-8-17(23)31-16)19(26-21(27)30)15-4-2-3-9-24-15/h2-10,19-20H,11H2,1H3,(H,25,28)(H,26,30)/t19-,20-/m0/s1. The number of aromatic nitrogens is 1. The smallest absolute Gasteiger partial charge is 0.250 e. The number of ether oxygens (including phenoxy) is 1. The fourth-order valence-corrected chi connectivity index (χ4v) is 5.24. The first-order valence-corrected chi connectivity index (χ1v) is 11.3. The molecule has 0 unspecified atom stereocenters. The number of amides is 1. The average molecular weight is 493 g/mol. The summed E-state index contributed by atoms with van der Waals surface area (Å²) >= 11 is 19.9. The second-order valence-corrected chi connectivity index (χ2v) is 9.32. The summed E-state index contributed by atoms with van der Waals surface area (Å²) in [6.07, 6.45) is 1.76. The zero-order valence-corrected chi connectivity index (χ0v) is 19.5. The number of benzene rings is 1. The van der Waals surface area contributed by atoms with E-state index < -0.39 is 0 Å². The maximum atomic E-state index is 11.8. The normalized spacial score (nSPS) is 18.2. The van der Waals surface area contributed by atoms with Crippen molar-refractivity contribution in [2.45, 2.75) is 12.1 Å². The maximum Gasteiger partial charge on any atom is 0.250 e. The third-order valence-electron chi connectivity index (χ3n) is 4.76. The van der Waals surface area contributed by atoms with Gasteiger partial charge in [-0.1, -0.05) is 29.3 Å². The lowest BCUT2D eigenvalue weighted by molar-refractivity contribution is -0.119. The van der Waals surface area contributed by atoms with Crippen molar-refractivity contribution in [1.82, 2.24) is 10.3 Å². The van der Waals surface area contributed by atoms with Gasteiger partial charge in [-0.3, -0.25) is 9.78 Å². The van der Waals surface area contributed by atoms with Crippen molar-refractivity contribution in [3.05, 3.63) is 74.7 Å². The van der Waals surface area contributed by atoms with Gasteiger partial charge in [0, 0.05) is 23.9 Å². The summed E-state index contributed by atoms with van der Waals surface area (Å²) in [5, 5.41) is 7.07. The number of nitrogens with zero attached hydrogens (tertiary/aromatic N) is 2. The van der Waals surface area contributed by atoms with Gasteiger partial charge in [-0.25, -0.2) is 0 Å². The van der Waals surface area contributed by atoms with Gasteiger partial charge in [0.15, 0.2) is 5.11 Å². The molecule has 2 aromatic heterocycles. The molecule has 0 saturated carbocycles. The summed E-state index contributed by atoms with van der Waals surface area (Å²) in [5.41, 5.74) is 2.17. The van der Waals surface area contributed by atoms with Gasteiger partial charge in [-0.2, -0.15) is 0 Å². The number of halogens is 2. The third-order valence-corrected chi connectivity index (χ3v) is 6.69. The molecule has 31 heavy (non-hydrogen) atoms. The molecule has 1 amide bonds. The average Bonchev–Trinajstić information content (AvgIpc) is 3.33. The molecule has 4 rings (SSSR count). The van der Waals surface area contributed by atoms with E-state index in [1.54, 1.807) is 18.3 Å². The zero-order chi connectivity index (χ0) is 22.0. The molecule has 3 aromatic rings. The van der Waals surface area contributed by atoms with Gasteiger partial charge in [0.05, 0.1) is 32.8 Å². The van der Waals surface area contributed by atoms with Crippen LogP contribution in [0, 0.1) is 0 Å². The predicted molar refractivity (Wildman–Crippen MR) is 129 cm³/mol. The number of methoxy groups -OCH3 is 1. The van der Waals surface area contributed by atoms with Crippen LogP contribution in [0.5, 0.6) is 0 Å². The molecular weight excluding hydrogens is 475 g/mol. The minimum Gasteiger partial charge on any atom is -0.375 e.